The summed E-state index contributed by atoms with van der Waals surface area (Å²) in [7, 11) is 0. The second kappa shape index (κ2) is 2.84. The van der Waals surface area contributed by atoms with E-state index in [1.54, 1.807) is 0 Å². The van der Waals surface area contributed by atoms with Gasteiger partial charge in [-0.15, -0.1) is 12.4 Å². The van der Waals surface area contributed by atoms with E-state index in [-0.39, 0.29) is 12.4 Å². The molecule has 0 aromatic rings. The first-order chi connectivity index (χ1) is 2.24. The van der Waals surface area contributed by atoms with Crippen LogP contribution in [0.1, 0.15) is 0 Å². The van der Waals surface area contributed by atoms with Crippen LogP contribution in [-0.4, -0.2) is 0 Å². The van der Waals surface area contributed by atoms with Crippen molar-refractivity contribution in [3.05, 3.63) is 0 Å². The van der Waals surface area contributed by atoms with E-state index >= 15 is 0 Å². The van der Waals surface area contributed by atoms with Gasteiger partial charge in [0.25, 0.3) is 0 Å². The maximum absolute atomic E-state index is 4.98. The van der Waals surface area contributed by atoms with Gasteiger partial charge in [-0.1, -0.05) is 0 Å². The fraction of sp³-hybridized carbons (Fsp3) is 0. The molecule has 0 saturated carbocycles. The summed E-state index contributed by atoms with van der Waals surface area (Å²) < 4.78 is -3.69. The third kappa shape index (κ3) is 66.1. The summed E-state index contributed by atoms with van der Waals surface area (Å²) in [6.45, 7) is 0. The van der Waals surface area contributed by atoms with Gasteiger partial charge < -0.3 is 0 Å². The van der Waals surface area contributed by atoms with E-state index in [2.05, 4.69) is 0 Å². The molecule has 0 aromatic heterocycles. The van der Waals surface area contributed by atoms with Crippen molar-refractivity contribution in [2.45, 2.75) is 0 Å². The van der Waals surface area contributed by atoms with Gasteiger partial charge in [0.2, 0.25) is 0 Å². The van der Waals surface area contributed by atoms with Gasteiger partial charge in [-0.25, -0.2) is 0 Å². The molecule has 7 heavy (non-hydrogen) atoms. The first-order valence-corrected chi connectivity index (χ1v) is 7.61. The molecule has 0 aliphatic rings. The van der Waals surface area contributed by atoms with Crippen molar-refractivity contribution in [1.29, 1.82) is 0 Å². The standard InChI is InChI=1S/Cl5P.ClH/c1-6(2,3,4)5;/h;1H. The normalized spacial score (nSPS) is 16.4. The van der Waals surface area contributed by atoms with Gasteiger partial charge in [0, 0.05) is 0 Å². The van der Waals surface area contributed by atoms with E-state index < -0.39 is 3.37 Å². The van der Waals surface area contributed by atoms with Crippen LogP contribution in [0, 0.1) is 0 Å². The summed E-state index contributed by atoms with van der Waals surface area (Å²) in [5.41, 5.74) is 0. The van der Waals surface area contributed by atoms with Crippen LogP contribution in [0.4, 0.5) is 0 Å². The zero-order valence-corrected chi connectivity index (χ0v) is 8.24. The van der Waals surface area contributed by atoms with E-state index in [4.69, 9.17) is 56.2 Å². The van der Waals surface area contributed by atoms with Crippen LogP contribution in [-0.2, 0) is 0 Å². The Morgan fingerprint density at radius 3 is 0.714 bits per heavy atom. The zero-order chi connectivity index (χ0) is 5.45. The molecule has 0 unspecified atom stereocenters. The average molecular weight is 245 g/mol. The molecule has 0 radical (unpaired) electrons. The number of halogens is 6. The number of rotatable bonds is 0. The molecule has 0 N–H and O–H groups in total. The van der Waals surface area contributed by atoms with Crippen molar-refractivity contribution in [3.63, 3.8) is 0 Å². The van der Waals surface area contributed by atoms with Crippen LogP contribution in [0.2, 0.25) is 0 Å². The Balaban J connectivity index is 0. The fourth-order valence-electron chi connectivity index (χ4n) is 0. The molecule has 0 aromatic carbocycles. The molecule has 0 spiro atoms. The van der Waals surface area contributed by atoms with E-state index in [0.29, 0.717) is 0 Å². The van der Waals surface area contributed by atoms with Gasteiger partial charge >= 0.3 is 59.6 Å². The molecule has 0 heterocycles. The summed E-state index contributed by atoms with van der Waals surface area (Å²) >= 11 is 24.9. The summed E-state index contributed by atoms with van der Waals surface area (Å²) in [5.74, 6) is 0. The molecular formula is HCl6P. The Bertz CT molecular complexity index is 37.4. The summed E-state index contributed by atoms with van der Waals surface area (Å²) in [6.07, 6.45) is 0. The molecule has 0 nitrogen and oxygen atoms in total. The van der Waals surface area contributed by atoms with Gasteiger partial charge in [0.15, 0.2) is 0 Å². The van der Waals surface area contributed by atoms with Gasteiger partial charge in [0.1, 0.15) is 0 Å². The summed E-state index contributed by atoms with van der Waals surface area (Å²) in [5, 5.41) is 0. The van der Waals surface area contributed by atoms with Crippen LogP contribution >= 0.6 is 72.0 Å². The molecule has 0 aliphatic heterocycles. The molecular weight excluding hydrogens is 244 g/mol. The van der Waals surface area contributed by atoms with Crippen LogP contribution in [0.25, 0.3) is 0 Å². The minimum atomic E-state index is -3.69. The molecule has 0 aliphatic carbocycles. The van der Waals surface area contributed by atoms with Gasteiger partial charge in [-0.2, -0.15) is 0 Å². The quantitative estimate of drug-likeness (QED) is 0.541. The van der Waals surface area contributed by atoms with Crippen LogP contribution < -0.4 is 0 Å². The Morgan fingerprint density at radius 1 is 0.714 bits per heavy atom. The molecule has 0 bridgehead atoms. The van der Waals surface area contributed by atoms with Crippen molar-refractivity contribution < 1.29 is 0 Å². The topological polar surface area (TPSA) is 0 Å². The Labute approximate surface area is 71.7 Å². The average Bonchev–Trinajstić information content (AvgIpc) is 0.650. The Hall–Kier alpha value is 2.17. The predicted molar refractivity (Wildman–Crippen MR) is 43.4 cm³/mol. The molecule has 0 fully saturated rings. The minimum absolute atomic E-state index is 0. The van der Waals surface area contributed by atoms with Crippen molar-refractivity contribution in [3.8, 4) is 0 Å². The van der Waals surface area contributed by atoms with E-state index in [9.17, 15) is 0 Å². The van der Waals surface area contributed by atoms with Crippen LogP contribution in [0.3, 0.4) is 0 Å². The van der Waals surface area contributed by atoms with Crippen LogP contribution in [0.5, 0.6) is 0 Å². The maximum atomic E-state index is 4.98. The van der Waals surface area contributed by atoms with Crippen molar-refractivity contribution in [2.24, 2.45) is 0 Å². The van der Waals surface area contributed by atoms with E-state index in [0.717, 1.165) is 0 Å². The monoisotopic (exact) mass is 242 g/mol. The molecule has 0 rings (SSSR count). The first kappa shape index (κ1) is 11.9. The van der Waals surface area contributed by atoms with Crippen molar-refractivity contribution >= 4 is 72.0 Å². The Kier molecular flexibility index (Phi) is 4.82. The van der Waals surface area contributed by atoms with Crippen molar-refractivity contribution in [2.75, 3.05) is 0 Å². The van der Waals surface area contributed by atoms with Gasteiger partial charge in [-0.05, 0) is 0 Å². The molecule has 7 heteroatoms. The summed E-state index contributed by atoms with van der Waals surface area (Å²) in [4.78, 5) is 0. The molecule has 0 amide bonds. The first-order valence-electron chi connectivity index (χ1n) is 0.845. The van der Waals surface area contributed by atoms with Crippen LogP contribution in [0.15, 0.2) is 0 Å². The zero-order valence-electron chi connectivity index (χ0n) is 2.75. The second-order valence-corrected chi connectivity index (χ2v) is 17.2. The summed E-state index contributed by atoms with van der Waals surface area (Å²) in [6, 6.07) is 0. The third-order valence-corrected chi connectivity index (χ3v) is 0. The third-order valence-electron chi connectivity index (χ3n) is 0. The fourth-order valence-corrected chi connectivity index (χ4v) is 0. The van der Waals surface area contributed by atoms with E-state index in [1.165, 1.54) is 0 Å². The molecule has 0 saturated heterocycles. The molecule has 0 atom stereocenters. The Morgan fingerprint density at radius 2 is 0.714 bits per heavy atom. The van der Waals surface area contributed by atoms with Gasteiger partial charge in [0.05, 0.1) is 0 Å². The van der Waals surface area contributed by atoms with E-state index in [1.807, 2.05) is 0 Å². The SMILES string of the molecule is Cl.ClP(Cl)(Cl)(Cl)Cl. The van der Waals surface area contributed by atoms with Gasteiger partial charge in [-0.3, -0.25) is 0 Å². The number of hydrogen-bond donors (Lipinski definition) is 0. The van der Waals surface area contributed by atoms with Crippen molar-refractivity contribution in [1.82, 2.24) is 0 Å². The second-order valence-electron chi connectivity index (χ2n) is 0.639. The molecule has 48 valence electrons. The number of hydrogen-bond acceptors (Lipinski definition) is 0. The predicted octanol–water partition coefficient (Wildman–Crippen LogP) is 4.73.